The number of para-hydroxylation sites is 1. The van der Waals surface area contributed by atoms with Crippen LogP contribution in [0.2, 0.25) is 0 Å². The van der Waals surface area contributed by atoms with E-state index in [0.29, 0.717) is 18.3 Å². The third kappa shape index (κ3) is 8.70. The first-order valence-corrected chi connectivity index (χ1v) is 5.84. The fourth-order valence-electron chi connectivity index (χ4n) is 0.996. The molecule has 7 heteroatoms. The van der Waals surface area contributed by atoms with Crippen LogP contribution in [0, 0.1) is 0 Å². The minimum Gasteiger partial charge on any atom is -0.512 e. The molecule has 0 atom stereocenters. The molecule has 0 bridgehead atoms. The van der Waals surface area contributed by atoms with E-state index in [1.807, 2.05) is 30.3 Å². The second-order valence-electron chi connectivity index (χ2n) is 2.85. The molecule has 0 saturated heterocycles. The Bertz CT molecular complexity index is 362. The van der Waals surface area contributed by atoms with Gasteiger partial charge in [0, 0.05) is 10.1 Å². The summed E-state index contributed by atoms with van der Waals surface area (Å²) in [5.41, 5.74) is 0.944. The minimum absolute atomic E-state index is 0. The summed E-state index contributed by atoms with van der Waals surface area (Å²) in [4.78, 5) is 0. The molecular formula is C10H11N2NaOS3. The van der Waals surface area contributed by atoms with Gasteiger partial charge in [0.2, 0.25) is 0 Å². The van der Waals surface area contributed by atoms with E-state index in [1.165, 1.54) is 0 Å². The number of ether oxygens (including phenoxy) is 1. The summed E-state index contributed by atoms with van der Waals surface area (Å²) in [6.45, 7) is 0.981. The van der Waals surface area contributed by atoms with Gasteiger partial charge >= 0.3 is 29.6 Å². The van der Waals surface area contributed by atoms with Crippen LogP contribution in [0.5, 0.6) is 0 Å². The van der Waals surface area contributed by atoms with E-state index in [1.54, 1.807) is 0 Å². The first-order valence-electron chi connectivity index (χ1n) is 4.62. The topological polar surface area (TPSA) is 33.3 Å². The van der Waals surface area contributed by atoms with Crippen molar-refractivity contribution < 1.29 is 34.3 Å². The molecule has 0 aliphatic carbocycles. The first-order chi connectivity index (χ1) is 7.68. The zero-order valence-corrected chi connectivity index (χ0v) is 13.9. The summed E-state index contributed by atoms with van der Waals surface area (Å²) in [5, 5.41) is 6.56. The summed E-state index contributed by atoms with van der Waals surface area (Å²) in [7, 11) is 0. The van der Waals surface area contributed by atoms with Gasteiger partial charge in [-0.05, 0) is 24.4 Å². The second kappa shape index (κ2) is 9.99. The zero-order valence-electron chi connectivity index (χ0n) is 9.43. The van der Waals surface area contributed by atoms with E-state index in [2.05, 4.69) is 35.5 Å². The molecule has 0 fully saturated rings. The van der Waals surface area contributed by atoms with Gasteiger partial charge in [-0.2, -0.15) is 0 Å². The maximum Gasteiger partial charge on any atom is 1.00 e. The summed E-state index contributed by atoms with van der Waals surface area (Å²) in [6, 6.07) is 9.68. The molecule has 2 N–H and O–H groups in total. The molecule has 0 spiro atoms. The number of nitrogens with one attached hydrogen (secondary N) is 2. The predicted octanol–water partition coefficient (Wildman–Crippen LogP) is -1.17. The van der Waals surface area contributed by atoms with Gasteiger partial charge in [0.25, 0.3) is 0 Å². The van der Waals surface area contributed by atoms with Crippen molar-refractivity contribution in [2.75, 3.05) is 18.5 Å². The van der Waals surface area contributed by atoms with Gasteiger partial charge in [-0.1, -0.05) is 18.2 Å². The predicted molar refractivity (Wildman–Crippen MR) is 76.6 cm³/mol. The molecule has 0 saturated carbocycles. The number of hydrogen-bond donors (Lipinski definition) is 2. The van der Waals surface area contributed by atoms with Crippen molar-refractivity contribution in [1.82, 2.24) is 5.32 Å². The molecule has 1 rings (SSSR count). The Morgan fingerprint density at radius 3 is 2.47 bits per heavy atom. The minimum atomic E-state index is 0. The monoisotopic (exact) mass is 294 g/mol. The van der Waals surface area contributed by atoms with Crippen LogP contribution in [-0.4, -0.2) is 22.6 Å². The fourth-order valence-corrected chi connectivity index (χ4v) is 1.38. The number of thiocarbonyl (C=S) groups is 2. The number of hydrogen-bond acceptors (Lipinski definition) is 4. The fraction of sp³-hybridized carbons (Fsp3) is 0.200. The molecule has 0 unspecified atom stereocenters. The largest absolute Gasteiger partial charge is 1.00 e. The molecule has 17 heavy (non-hydrogen) atoms. The standard InChI is InChI=1S/C10H12N2OS3.Na/c14-9(11-6-7-13-10(15)16)12-8-4-2-1-3-5-8;/h1-5H,6-7H2,(H,15,16)(H2,11,12,14);/q;+1/p-1. The average molecular weight is 294 g/mol. The van der Waals surface area contributed by atoms with Crippen LogP contribution in [0.1, 0.15) is 0 Å². The van der Waals surface area contributed by atoms with Gasteiger partial charge in [0.1, 0.15) is 6.61 Å². The summed E-state index contributed by atoms with van der Waals surface area (Å²) < 4.78 is 5.07. The van der Waals surface area contributed by atoms with Gasteiger partial charge in [-0.3, -0.25) is 0 Å². The Labute approximate surface area is 139 Å². The van der Waals surface area contributed by atoms with E-state index in [9.17, 15) is 0 Å². The summed E-state index contributed by atoms with van der Waals surface area (Å²) in [5.74, 6) is 0. The average Bonchev–Trinajstić information content (AvgIpc) is 2.25. The Hall–Kier alpha value is 0.0200. The van der Waals surface area contributed by atoms with Crippen LogP contribution in [0.4, 0.5) is 5.69 Å². The Balaban J connectivity index is 0.00000256. The molecule has 3 nitrogen and oxygen atoms in total. The van der Waals surface area contributed by atoms with Crippen molar-refractivity contribution in [2.45, 2.75) is 0 Å². The van der Waals surface area contributed by atoms with Gasteiger partial charge in [0.05, 0.1) is 6.54 Å². The van der Waals surface area contributed by atoms with Crippen LogP contribution >= 0.6 is 24.4 Å². The maximum atomic E-state index is 5.08. The molecule has 0 amide bonds. The van der Waals surface area contributed by atoms with E-state index in [0.717, 1.165) is 5.69 Å². The van der Waals surface area contributed by atoms with Gasteiger partial charge in [0.15, 0.2) is 5.11 Å². The van der Waals surface area contributed by atoms with Crippen molar-refractivity contribution in [2.24, 2.45) is 0 Å². The number of benzene rings is 1. The summed E-state index contributed by atoms with van der Waals surface area (Å²) >= 11 is 14.3. The van der Waals surface area contributed by atoms with Crippen LogP contribution < -0.4 is 40.2 Å². The number of rotatable bonds is 4. The van der Waals surface area contributed by atoms with E-state index in [-0.39, 0.29) is 33.9 Å². The van der Waals surface area contributed by atoms with Crippen LogP contribution in [-0.2, 0) is 17.4 Å². The molecule has 1 aromatic rings. The second-order valence-corrected chi connectivity index (χ2v) is 4.25. The van der Waals surface area contributed by atoms with E-state index in [4.69, 9.17) is 17.0 Å². The van der Waals surface area contributed by atoms with Gasteiger partial charge in [-0.15, -0.1) is 0 Å². The van der Waals surface area contributed by atoms with Gasteiger partial charge in [-0.25, -0.2) is 0 Å². The number of anilines is 1. The Morgan fingerprint density at radius 1 is 1.24 bits per heavy atom. The third-order valence-electron chi connectivity index (χ3n) is 1.64. The van der Waals surface area contributed by atoms with E-state index >= 15 is 0 Å². The summed E-state index contributed by atoms with van der Waals surface area (Å²) in [6.07, 6.45) is 0. The molecule has 1 aromatic carbocycles. The quantitative estimate of drug-likeness (QED) is 0.315. The molecule has 0 radical (unpaired) electrons. The van der Waals surface area contributed by atoms with E-state index < -0.39 is 0 Å². The molecule has 86 valence electrons. The normalized spacial score (nSPS) is 8.71. The van der Waals surface area contributed by atoms with Crippen LogP contribution in [0.15, 0.2) is 30.3 Å². The molecular weight excluding hydrogens is 283 g/mol. The van der Waals surface area contributed by atoms with Crippen molar-refractivity contribution in [3.63, 3.8) is 0 Å². The smallest absolute Gasteiger partial charge is 0.512 e. The van der Waals surface area contributed by atoms with Crippen LogP contribution in [0.25, 0.3) is 0 Å². The Kier molecular flexibility index (Phi) is 10.0. The van der Waals surface area contributed by atoms with Crippen molar-refractivity contribution in [3.8, 4) is 0 Å². The van der Waals surface area contributed by atoms with Crippen molar-refractivity contribution >= 4 is 52.2 Å². The SMILES string of the molecule is S=C(NCCOC(=S)[S-])Nc1ccccc1.[Na+]. The molecule has 0 heterocycles. The zero-order chi connectivity index (χ0) is 11.8. The van der Waals surface area contributed by atoms with Crippen molar-refractivity contribution in [3.05, 3.63) is 30.3 Å². The first kappa shape index (κ1) is 17.0. The Morgan fingerprint density at radius 2 is 1.88 bits per heavy atom. The maximum absolute atomic E-state index is 5.08. The van der Waals surface area contributed by atoms with Crippen molar-refractivity contribution in [1.29, 1.82) is 0 Å². The molecule has 0 aromatic heterocycles. The molecule has 0 aliphatic heterocycles. The van der Waals surface area contributed by atoms with Crippen LogP contribution in [0.3, 0.4) is 0 Å². The van der Waals surface area contributed by atoms with Gasteiger partial charge < -0.3 is 40.2 Å². The third-order valence-corrected chi connectivity index (χ3v) is 2.12. The molecule has 0 aliphatic rings.